The summed E-state index contributed by atoms with van der Waals surface area (Å²) >= 11 is 0. The number of aliphatic carboxylic acids is 1. The number of methoxy groups -OCH3 is 1. The highest BCUT2D eigenvalue weighted by Crippen LogP contribution is 2.49. The Hall–Kier alpha value is -2.35. The van der Waals surface area contributed by atoms with Crippen LogP contribution in [0.15, 0.2) is 6.07 Å². The van der Waals surface area contributed by atoms with Crippen LogP contribution in [-0.4, -0.2) is 62.2 Å². The van der Waals surface area contributed by atoms with Crippen molar-refractivity contribution in [3.63, 3.8) is 0 Å². The van der Waals surface area contributed by atoms with E-state index in [0.29, 0.717) is 30.2 Å². The molecule has 1 saturated heterocycles. The van der Waals surface area contributed by atoms with Gasteiger partial charge in [0.2, 0.25) is 0 Å². The van der Waals surface area contributed by atoms with Gasteiger partial charge in [0.25, 0.3) is 0 Å². The molecule has 1 aromatic carbocycles. The van der Waals surface area contributed by atoms with Crippen LogP contribution in [0.25, 0.3) is 0 Å². The molecule has 2 aliphatic heterocycles. The molecule has 2 unspecified atom stereocenters. The summed E-state index contributed by atoms with van der Waals surface area (Å²) in [6.07, 6.45) is 1.86. The average molecular weight is 377 g/mol. The lowest BCUT2D eigenvalue weighted by Gasteiger charge is -2.39. The minimum atomic E-state index is -1.17. The number of ether oxygens (including phenoxy) is 1. The van der Waals surface area contributed by atoms with Crippen LogP contribution < -0.4 is 19.9 Å². The molecule has 7 nitrogen and oxygen atoms in total. The number of nitrogens with zero attached hydrogens (tertiary/aromatic N) is 2. The molecule has 27 heavy (non-hydrogen) atoms. The standard InChI is InChI=1S/C19H24FN3O4/c1-10-8-22(6-5-21-10)16-14(20)7-12-15(18(16)27-2)23(11-3-4-11)9-13(17(12)24)19(25)26/h7,10-11,13,21H,3-6,8-9H2,1-2H3,(H,25,26). The quantitative estimate of drug-likeness (QED) is 0.770. The number of fused-ring (bicyclic) bond motifs is 1. The summed E-state index contributed by atoms with van der Waals surface area (Å²) < 4.78 is 20.7. The topological polar surface area (TPSA) is 82.1 Å². The number of carboxylic acids is 1. The van der Waals surface area contributed by atoms with Crippen LogP contribution in [0.2, 0.25) is 0 Å². The van der Waals surface area contributed by atoms with Gasteiger partial charge in [-0.15, -0.1) is 0 Å². The molecule has 2 fully saturated rings. The Morgan fingerprint density at radius 2 is 2.07 bits per heavy atom. The van der Waals surface area contributed by atoms with E-state index >= 15 is 4.39 Å². The summed E-state index contributed by atoms with van der Waals surface area (Å²) in [5.74, 6) is -3.10. The SMILES string of the molecule is COc1c(N2CCNC(C)C2)c(F)cc2c1N(C1CC1)CC(C(=O)O)C2=O. The molecule has 0 radical (unpaired) electrons. The predicted molar refractivity (Wildman–Crippen MR) is 98.5 cm³/mol. The second-order valence-corrected chi connectivity index (χ2v) is 7.58. The first-order valence-electron chi connectivity index (χ1n) is 9.34. The highest BCUT2D eigenvalue weighted by atomic mass is 19.1. The molecule has 1 saturated carbocycles. The Kier molecular flexibility index (Phi) is 4.46. The smallest absolute Gasteiger partial charge is 0.316 e. The largest absolute Gasteiger partial charge is 0.492 e. The highest BCUT2D eigenvalue weighted by molar-refractivity contribution is 6.14. The van der Waals surface area contributed by atoms with Crippen LogP contribution in [0.4, 0.5) is 15.8 Å². The van der Waals surface area contributed by atoms with E-state index < -0.39 is 23.5 Å². The summed E-state index contributed by atoms with van der Waals surface area (Å²) in [4.78, 5) is 28.2. The van der Waals surface area contributed by atoms with Gasteiger partial charge < -0.3 is 25.0 Å². The van der Waals surface area contributed by atoms with E-state index in [1.807, 2.05) is 16.7 Å². The Morgan fingerprint density at radius 3 is 2.67 bits per heavy atom. The molecule has 8 heteroatoms. The van der Waals surface area contributed by atoms with Gasteiger partial charge in [-0.25, -0.2) is 4.39 Å². The van der Waals surface area contributed by atoms with Crippen molar-refractivity contribution in [2.75, 3.05) is 43.1 Å². The lowest BCUT2D eigenvalue weighted by atomic mass is 9.89. The molecule has 0 amide bonds. The zero-order chi connectivity index (χ0) is 19.3. The van der Waals surface area contributed by atoms with Crippen LogP contribution in [0, 0.1) is 11.7 Å². The fourth-order valence-corrected chi connectivity index (χ4v) is 4.17. The summed E-state index contributed by atoms with van der Waals surface area (Å²) in [5, 5.41) is 12.8. The highest BCUT2D eigenvalue weighted by Gasteiger charge is 2.45. The van der Waals surface area contributed by atoms with Crippen molar-refractivity contribution >= 4 is 23.1 Å². The minimum absolute atomic E-state index is 0.102. The summed E-state index contributed by atoms with van der Waals surface area (Å²) in [6, 6.07) is 1.58. The molecule has 3 aliphatic rings. The number of rotatable bonds is 4. The third-order valence-electron chi connectivity index (χ3n) is 5.61. The number of nitrogens with one attached hydrogen (secondary N) is 1. The number of Topliss-reactive ketones (excluding diaryl/α,β-unsaturated/α-hetero) is 1. The van der Waals surface area contributed by atoms with E-state index in [9.17, 15) is 14.7 Å². The summed E-state index contributed by atoms with van der Waals surface area (Å²) in [5.41, 5.74) is 1.02. The maximum Gasteiger partial charge on any atom is 0.316 e. The molecule has 2 N–H and O–H groups in total. The van der Waals surface area contributed by atoms with Gasteiger partial charge in [0.15, 0.2) is 17.3 Å². The second kappa shape index (κ2) is 6.67. The zero-order valence-corrected chi connectivity index (χ0v) is 15.5. The average Bonchev–Trinajstić information content (AvgIpc) is 3.46. The fraction of sp³-hybridized carbons (Fsp3) is 0.579. The normalized spacial score (nSPS) is 25.4. The van der Waals surface area contributed by atoms with Gasteiger partial charge in [-0.3, -0.25) is 9.59 Å². The van der Waals surface area contributed by atoms with Crippen LogP contribution in [-0.2, 0) is 4.79 Å². The van der Waals surface area contributed by atoms with Crippen molar-refractivity contribution in [3.8, 4) is 5.75 Å². The van der Waals surface area contributed by atoms with Gasteiger partial charge in [-0.1, -0.05) is 0 Å². The number of halogens is 1. The number of carbonyl (C=O) groups is 2. The van der Waals surface area contributed by atoms with E-state index in [2.05, 4.69) is 5.32 Å². The van der Waals surface area contributed by atoms with Gasteiger partial charge in [0, 0.05) is 43.8 Å². The van der Waals surface area contributed by atoms with E-state index in [4.69, 9.17) is 4.74 Å². The lowest BCUT2D eigenvalue weighted by Crippen LogP contribution is -2.50. The molecule has 0 aromatic heterocycles. The van der Waals surface area contributed by atoms with Crippen LogP contribution >= 0.6 is 0 Å². The Morgan fingerprint density at radius 1 is 1.33 bits per heavy atom. The molecule has 146 valence electrons. The number of hydrogen-bond acceptors (Lipinski definition) is 6. The fourth-order valence-electron chi connectivity index (χ4n) is 4.17. The van der Waals surface area contributed by atoms with E-state index in [-0.39, 0.29) is 24.2 Å². The number of hydrogen-bond donors (Lipinski definition) is 2. The first-order valence-corrected chi connectivity index (χ1v) is 9.34. The number of benzene rings is 1. The number of carbonyl (C=O) groups excluding carboxylic acids is 1. The van der Waals surface area contributed by atoms with Gasteiger partial charge >= 0.3 is 5.97 Å². The molecule has 4 rings (SSSR count). The third kappa shape index (κ3) is 3.01. The molecular weight excluding hydrogens is 353 g/mol. The minimum Gasteiger partial charge on any atom is -0.492 e. The molecule has 1 aliphatic carbocycles. The van der Waals surface area contributed by atoms with Gasteiger partial charge in [-0.05, 0) is 25.8 Å². The van der Waals surface area contributed by atoms with Crippen molar-refractivity contribution in [3.05, 3.63) is 17.4 Å². The second-order valence-electron chi connectivity index (χ2n) is 7.58. The van der Waals surface area contributed by atoms with E-state index in [0.717, 1.165) is 19.4 Å². The zero-order valence-electron chi connectivity index (χ0n) is 15.5. The Balaban J connectivity index is 1.87. The maximum atomic E-state index is 15.1. The van der Waals surface area contributed by atoms with Gasteiger partial charge in [0.1, 0.15) is 11.6 Å². The van der Waals surface area contributed by atoms with Crippen molar-refractivity contribution in [2.45, 2.75) is 31.8 Å². The number of carboxylic acid groups (broad SMARTS) is 1. The Labute approximate surface area is 157 Å². The van der Waals surface area contributed by atoms with Gasteiger partial charge in [0.05, 0.1) is 12.8 Å². The van der Waals surface area contributed by atoms with Crippen molar-refractivity contribution in [1.29, 1.82) is 0 Å². The molecular formula is C19H24FN3O4. The van der Waals surface area contributed by atoms with Crippen molar-refractivity contribution in [1.82, 2.24) is 5.32 Å². The Bertz CT molecular complexity index is 796. The maximum absolute atomic E-state index is 15.1. The van der Waals surface area contributed by atoms with E-state index in [1.54, 1.807) is 0 Å². The molecule has 0 bridgehead atoms. The third-order valence-corrected chi connectivity index (χ3v) is 5.61. The molecule has 2 atom stereocenters. The van der Waals surface area contributed by atoms with E-state index in [1.165, 1.54) is 13.2 Å². The summed E-state index contributed by atoms with van der Waals surface area (Å²) in [6.45, 7) is 4.12. The monoisotopic (exact) mass is 377 g/mol. The molecule has 2 heterocycles. The number of anilines is 2. The van der Waals surface area contributed by atoms with Crippen molar-refractivity contribution in [2.24, 2.45) is 5.92 Å². The van der Waals surface area contributed by atoms with Crippen LogP contribution in [0.5, 0.6) is 5.75 Å². The lowest BCUT2D eigenvalue weighted by molar-refractivity contribution is -0.139. The molecule has 0 spiro atoms. The molecule has 1 aromatic rings. The first-order chi connectivity index (χ1) is 12.9. The predicted octanol–water partition coefficient (Wildman–Crippen LogP) is 1.50. The number of piperazine rings is 1. The summed E-state index contributed by atoms with van der Waals surface area (Å²) in [7, 11) is 1.48. The first kappa shape index (κ1) is 18.0. The van der Waals surface area contributed by atoms with Gasteiger partial charge in [-0.2, -0.15) is 0 Å². The van der Waals surface area contributed by atoms with Crippen LogP contribution in [0.1, 0.15) is 30.1 Å². The number of ketones is 1. The van der Waals surface area contributed by atoms with Crippen LogP contribution in [0.3, 0.4) is 0 Å². The van der Waals surface area contributed by atoms with Crippen molar-refractivity contribution < 1.29 is 23.8 Å².